The zero-order valence-corrected chi connectivity index (χ0v) is 20.9. The molecule has 0 radical (unpaired) electrons. The highest BCUT2D eigenvalue weighted by molar-refractivity contribution is 6.04. The molecule has 1 saturated carbocycles. The molecule has 36 heavy (non-hydrogen) atoms. The Morgan fingerprint density at radius 2 is 1.75 bits per heavy atom. The van der Waals surface area contributed by atoms with Gasteiger partial charge in [-0.15, -0.1) is 0 Å². The third kappa shape index (κ3) is 5.96. The van der Waals surface area contributed by atoms with Crippen molar-refractivity contribution in [2.24, 2.45) is 11.8 Å². The number of amides is 1. The van der Waals surface area contributed by atoms with E-state index in [1.165, 1.54) is 11.8 Å². The number of hydrogen-bond donors (Lipinski definition) is 0. The van der Waals surface area contributed by atoms with Crippen LogP contribution in [-0.4, -0.2) is 30.0 Å². The minimum Gasteiger partial charge on any atom is -0.465 e. The smallest absolute Gasteiger partial charge is 0.421 e. The molecule has 0 unspecified atom stereocenters. The molecule has 10 heteroatoms. The standard InChI is InChI=1S/C26H30F4N2O4/c1-14(2)32(24(33)17-8-6-15(3)7-9-17)21-12-20(27)22(11-18(21)25(34)35-5)36-23-19(26(28,29)30)10-16(4)13-31-23/h10-15,17H,6-9H2,1-5H3/t15-,17-. The van der Waals surface area contributed by atoms with E-state index in [0.717, 1.165) is 44.3 Å². The molecule has 1 aliphatic rings. The van der Waals surface area contributed by atoms with Gasteiger partial charge in [0.15, 0.2) is 11.6 Å². The molecule has 0 bridgehead atoms. The van der Waals surface area contributed by atoms with Crippen LogP contribution in [0.25, 0.3) is 0 Å². The first kappa shape index (κ1) is 27.4. The third-order valence-corrected chi connectivity index (χ3v) is 6.33. The Labute approximate surface area is 207 Å². The molecule has 1 heterocycles. The van der Waals surface area contributed by atoms with Crippen LogP contribution in [0, 0.1) is 24.6 Å². The molecular weight excluding hydrogens is 480 g/mol. The van der Waals surface area contributed by atoms with Crippen LogP contribution in [0.4, 0.5) is 23.2 Å². The summed E-state index contributed by atoms with van der Waals surface area (Å²) in [5.74, 6) is -3.46. The maximum absolute atomic E-state index is 15.2. The molecule has 2 aromatic rings. The van der Waals surface area contributed by atoms with Crippen LogP contribution in [0.1, 0.15) is 67.9 Å². The second-order valence-corrected chi connectivity index (χ2v) is 9.52. The molecule has 196 valence electrons. The van der Waals surface area contributed by atoms with Gasteiger partial charge < -0.3 is 14.4 Å². The Morgan fingerprint density at radius 3 is 2.31 bits per heavy atom. The van der Waals surface area contributed by atoms with Gasteiger partial charge in [-0.1, -0.05) is 6.92 Å². The molecule has 3 rings (SSSR count). The number of nitrogens with zero attached hydrogens (tertiary/aromatic N) is 2. The first-order valence-electron chi connectivity index (χ1n) is 11.8. The summed E-state index contributed by atoms with van der Waals surface area (Å²) in [6, 6.07) is 2.28. The largest absolute Gasteiger partial charge is 0.465 e. The van der Waals surface area contributed by atoms with E-state index in [0.29, 0.717) is 18.8 Å². The summed E-state index contributed by atoms with van der Waals surface area (Å²) in [4.78, 5) is 31.1. The van der Waals surface area contributed by atoms with Crippen molar-refractivity contribution < 1.29 is 36.6 Å². The van der Waals surface area contributed by atoms with Crippen LogP contribution >= 0.6 is 0 Å². The quantitative estimate of drug-likeness (QED) is 0.320. The van der Waals surface area contributed by atoms with E-state index < -0.39 is 41.2 Å². The van der Waals surface area contributed by atoms with Crippen molar-refractivity contribution in [3.05, 3.63) is 46.9 Å². The summed E-state index contributed by atoms with van der Waals surface area (Å²) >= 11 is 0. The summed E-state index contributed by atoms with van der Waals surface area (Å²) in [7, 11) is 1.11. The van der Waals surface area contributed by atoms with Gasteiger partial charge in [-0.05, 0) is 64.0 Å². The van der Waals surface area contributed by atoms with Crippen molar-refractivity contribution in [3.8, 4) is 11.6 Å². The highest BCUT2D eigenvalue weighted by Gasteiger charge is 2.37. The lowest BCUT2D eigenvalue weighted by molar-refractivity contribution is -0.139. The number of esters is 1. The van der Waals surface area contributed by atoms with Gasteiger partial charge in [0.05, 0.1) is 18.4 Å². The van der Waals surface area contributed by atoms with E-state index in [-0.39, 0.29) is 28.6 Å². The molecule has 0 atom stereocenters. The monoisotopic (exact) mass is 510 g/mol. The zero-order chi connectivity index (χ0) is 26.8. The minimum absolute atomic E-state index is 0.0294. The molecular formula is C26H30F4N2O4. The van der Waals surface area contributed by atoms with Gasteiger partial charge >= 0.3 is 12.1 Å². The van der Waals surface area contributed by atoms with Gasteiger partial charge in [0.25, 0.3) is 0 Å². The van der Waals surface area contributed by atoms with Gasteiger partial charge in [-0.3, -0.25) is 4.79 Å². The number of rotatable bonds is 6. The van der Waals surface area contributed by atoms with Crippen molar-refractivity contribution in [2.45, 2.75) is 65.6 Å². The van der Waals surface area contributed by atoms with Crippen molar-refractivity contribution in [3.63, 3.8) is 0 Å². The molecule has 0 N–H and O–H groups in total. The first-order chi connectivity index (χ1) is 16.8. The fourth-order valence-corrected chi connectivity index (χ4v) is 4.39. The van der Waals surface area contributed by atoms with Crippen molar-refractivity contribution >= 4 is 17.6 Å². The Kier molecular flexibility index (Phi) is 8.26. The van der Waals surface area contributed by atoms with Gasteiger partial charge in [0, 0.05) is 30.3 Å². The van der Waals surface area contributed by atoms with E-state index in [9.17, 15) is 22.8 Å². The van der Waals surface area contributed by atoms with Gasteiger partial charge in [0.1, 0.15) is 5.56 Å². The molecule has 1 aromatic carbocycles. The maximum atomic E-state index is 15.2. The van der Waals surface area contributed by atoms with E-state index >= 15 is 4.39 Å². The van der Waals surface area contributed by atoms with Crippen LogP contribution in [-0.2, 0) is 15.7 Å². The van der Waals surface area contributed by atoms with Crippen molar-refractivity contribution in [1.82, 2.24) is 4.98 Å². The average Bonchev–Trinajstić information content (AvgIpc) is 2.80. The van der Waals surface area contributed by atoms with Gasteiger partial charge in [0.2, 0.25) is 11.8 Å². The summed E-state index contributed by atoms with van der Waals surface area (Å²) in [6.45, 7) is 7.02. The van der Waals surface area contributed by atoms with Crippen molar-refractivity contribution in [2.75, 3.05) is 12.0 Å². The fraction of sp³-hybridized carbons (Fsp3) is 0.500. The first-order valence-corrected chi connectivity index (χ1v) is 11.8. The molecule has 0 spiro atoms. The number of benzene rings is 1. The second-order valence-electron chi connectivity index (χ2n) is 9.52. The number of methoxy groups -OCH3 is 1. The highest BCUT2D eigenvalue weighted by atomic mass is 19.4. The van der Waals surface area contributed by atoms with Crippen LogP contribution < -0.4 is 9.64 Å². The number of alkyl halides is 3. The topological polar surface area (TPSA) is 68.7 Å². The Bertz CT molecular complexity index is 1130. The second kappa shape index (κ2) is 10.8. The van der Waals surface area contributed by atoms with Crippen LogP contribution in [0.2, 0.25) is 0 Å². The molecule has 1 aliphatic carbocycles. The molecule has 6 nitrogen and oxygen atoms in total. The van der Waals surface area contributed by atoms with Crippen molar-refractivity contribution in [1.29, 1.82) is 0 Å². The predicted octanol–water partition coefficient (Wildman–Crippen LogP) is 6.69. The number of halogens is 4. The van der Waals surface area contributed by atoms with Crippen LogP contribution in [0.15, 0.2) is 24.4 Å². The fourth-order valence-electron chi connectivity index (χ4n) is 4.39. The van der Waals surface area contributed by atoms with E-state index in [4.69, 9.17) is 9.47 Å². The van der Waals surface area contributed by atoms with Gasteiger partial charge in [-0.2, -0.15) is 13.2 Å². The zero-order valence-electron chi connectivity index (χ0n) is 20.9. The Hall–Kier alpha value is -3.17. The number of carbonyl (C=O) groups excluding carboxylic acids is 2. The molecule has 1 aromatic heterocycles. The average molecular weight is 511 g/mol. The number of aromatic nitrogens is 1. The maximum Gasteiger partial charge on any atom is 0.421 e. The third-order valence-electron chi connectivity index (χ3n) is 6.33. The lowest BCUT2D eigenvalue weighted by atomic mass is 9.82. The highest BCUT2D eigenvalue weighted by Crippen LogP contribution is 2.40. The van der Waals surface area contributed by atoms with E-state index in [2.05, 4.69) is 11.9 Å². The molecule has 1 fully saturated rings. The number of hydrogen-bond acceptors (Lipinski definition) is 5. The molecule has 0 saturated heterocycles. The summed E-state index contributed by atoms with van der Waals surface area (Å²) in [5, 5.41) is 0. The lowest BCUT2D eigenvalue weighted by Crippen LogP contribution is -2.43. The SMILES string of the molecule is COC(=O)c1cc(Oc2ncc(C)cc2C(F)(F)F)c(F)cc1N(C(=O)[C@H]1CC[C@H](C)CC1)C(C)C. The number of carbonyl (C=O) groups is 2. The van der Waals surface area contributed by atoms with Gasteiger partial charge in [-0.25, -0.2) is 14.2 Å². The number of ether oxygens (including phenoxy) is 2. The normalized spacial score (nSPS) is 18.2. The predicted molar refractivity (Wildman–Crippen MR) is 126 cm³/mol. The number of aryl methyl sites for hydroxylation is 1. The minimum atomic E-state index is -4.80. The van der Waals surface area contributed by atoms with E-state index in [1.54, 1.807) is 13.8 Å². The number of anilines is 1. The number of pyridine rings is 1. The van der Waals surface area contributed by atoms with E-state index in [1.807, 2.05) is 0 Å². The van der Waals surface area contributed by atoms with Crippen LogP contribution in [0.5, 0.6) is 11.6 Å². The van der Waals surface area contributed by atoms with Crippen LogP contribution in [0.3, 0.4) is 0 Å². The molecule has 0 aliphatic heterocycles. The summed E-state index contributed by atoms with van der Waals surface area (Å²) < 4.78 is 65.8. The Morgan fingerprint density at radius 1 is 1.11 bits per heavy atom. The summed E-state index contributed by atoms with van der Waals surface area (Å²) in [6.07, 6.45) is -0.507. The summed E-state index contributed by atoms with van der Waals surface area (Å²) in [5.41, 5.74) is -1.18. The molecule has 1 amide bonds. The lowest BCUT2D eigenvalue weighted by Gasteiger charge is -2.34. The Balaban J connectivity index is 2.07.